The molecular weight excluding hydrogens is 413 g/mol. The van der Waals surface area contributed by atoms with Crippen molar-refractivity contribution in [2.45, 2.75) is 6.54 Å². The lowest BCUT2D eigenvalue weighted by atomic mass is 10.1. The van der Waals surface area contributed by atoms with Gasteiger partial charge in [-0.25, -0.2) is 19.3 Å². The molecule has 160 valence electrons. The fourth-order valence-corrected chi connectivity index (χ4v) is 3.13. The first-order chi connectivity index (χ1) is 15.4. The van der Waals surface area contributed by atoms with Gasteiger partial charge in [0.25, 0.3) is 5.91 Å². The van der Waals surface area contributed by atoms with Gasteiger partial charge in [0.15, 0.2) is 17.4 Å². The number of nitrogen functional groups attached to an aromatic ring is 1. The number of aromatic nitrogens is 4. The minimum absolute atomic E-state index is 0.0480. The van der Waals surface area contributed by atoms with Crippen molar-refractivity contribution < 1.29 is 14.3 Å². The second kappa shape index (κ2) is 8.64. The number of pyridine rings is 2. The van der Waals surface area contributed by atoms with Crippen LogP contribution in [0.3, 0.4) is 0 Å². The Hall–Kier alpha value is -4.60. The van der Waals surface area contributed by atoms with Crippen LogP contribution in [0.4, 0.5) is 21.8 Å². The van der Waals surface area contributed by atoms with Crippen LogP contribution in [0.1, 0.15) is 15.9 Å². The van der Waals surface area contributed by atoms with Crippen molar-refractivity contribution in [3.8, 4) is 16.9 Å². The Morgan fingerprint density at radius 2 is 1.78 bits per heavy atom. The van der Waals surface area contributed by atoms with E-state index < -0.39 is 17.5 Å². The SMILES string of the molecule is NC(=O)c1ccc(CN(c2cnccn2)c2cc(-c3ccc(N)nc3)ccn2)c(F)c1O. The molecule has 1 amide bonds. The van der Waals surface area contributed by atoms with Gasteiger partial charge in [-0.15, -0.1) is 0 Å². The first-order valence-corrected chi connectivity index (χ1v) is 9.45. The Labute approximate surface area is 182 Å². The number of benzene rings is 1. The number of carbonyl (C=O) groups excluding carboxylic acids is 1. The fraction of sp³-hybridized carbons (Fsp3) is 0.0455. The number of aromatic hydroxyl groups is 1. The molecule has 0 bridgehead atoms. The number of phenols is 1. The zero-order valence-electron chi connectivity index (χ0n) is 16.7. The summed E-state index contributed by atoms with van der Waals surface area (Å²) < 4.78 is 14.8. The topological polar surface area (TPSA) is 144 Å². The maximum absolute atomic E-state index is 14.8. The first kappa shape index (κ1) is 20.7. The predicted octanol–water partition coefficient (Wildman–Crippen LogP) is 2.80. The van der Waals surface area contributed by atoms with Gasteiger partial charge in [0.05, 0.1) is 18.3 Å². The van der Waals surface area contributed by atoms with E-state index >= 15 is 0 Å². The maximum Gasteiger partial charge on any atom is 0.252 e. The molecule has 4 rings (SSSR count). The van der Waals surface area contributed by atoms with Gasteiger partial charge >= 0.3 is 0 Å². The van der Waals surface area contributed by atoms with E-state index in [0.717, 1.165) is 11.1 Å². The van der Waals surface area contributed by atoms with Crippen LogP contribution in [0.25, 0.3) is 11.1 Å². The van der Waals surface area contributed by atoms with Gasteiger partial charge in [-0.3, -0.25) is 9.78 Å². The smallest absolute Gasteiger partial charge is 0.252 e. The van der Waals surface area contributed by atoms with E-state index in [1.807, 2.05) is 6.07 Å². The third-order valence-electron chi connectivity index (χ3n) is 4.76. The number of rotatable bonds is 6. The molecule has 0 aliphatic carbocycles. The number of carbonyl (C=O) groups is 1. The number of nitrogens with zero attached hydrogens (tertiary/aromatic N) is 5. The number of hydrogen-bond donors (Lipinski definition) is 3. The minimum Gasteiger partial charge on any atom is -0.504 e. The van der Waals surface area contributed by atoms with Crippen molar-refractivity contribution in [3.63, 3.8) is 0 Å². The van der Waals surface area contributed by atoms with E-state index in [0.29, 0.717) is 17.5 Å². The summed E-state index contributed by atoms with van der Waals surface area (Å²) in [6.07, 6.45) is 7.77. The molecule has 0 unspecified atom stereocenters. The molecule has 3 heterocycles. The molecule has 3 aromatic heterocycles. The van der Waals surface area contributed by atoms with Gasteiger partial charge in [0.2, 0.25) is 0 Å². The Morgan fingerprint density at radius 3 is 2.47 bits per heavy atom. The highest BCUT2D eigenvalue weighted by Gasteiger charge is 2.20. The van der Waals surface area contributed by atoms with E-state index in [1.54, 1.807) is 35.5 Å². The second-order valence-electron chi connectivity index (χ2n) is 6.82. The zero-order chi connectivity index (χ0) is 22.7. The average Bonchev–Trinajstić information content (AvgIpc) is 2.81. The molecule has 0 radical (unpaired) electrons. The summed E-state index contributed by atoms with van der Waals surface area (Å²) in [5.41, 5.74) is 12.3. The Morgan fingerprint density at radius 1 is 0.969 bits per heavy atom. The van der Waals surface area contributed by atoms with Crippen molar-refractivity contribution in [3.05, 3.63) is 84.3 Å². The standard InChI is InChI=1S/C22H18FN7O2/c23-20-15(1-3-16(21(20)31)22(25)32)12-30(19-11-26-7-8-28-19)18-9-13(5-6-27-18)14-2-4-17(24)29-10-14/h1-11,31H,12H2,(H2,24,29)(H2,25,32). The number of anilines is 3. The lowest BCUT2D eigenvalue weighted by Gasteiger charge is -2.23. The van der Waals surface area contributed by atoms with Gasteiger partial charge in [-0.1, -0.05) is 6.07 Å². The minimum atomic E-state index is -0.950. The first-order valence-electron chi connectivity index (χ1n) is 9.45. The van der Waals surface area contributed by atoms with Crippen molar-refractivity contribution in [1.82, 2.24) is 19.9 Å². The van der Waals surface area contributed by atoms with Crippen LogP contribution in [0.2, 0.25) is 0 Å². The molecule has 0 atom stereocenters. The third kappa shape index (κ3) is 4.15. The summed E-state index contributed by atoms with van der Waals surface area (Å²) in [4.78, 5) is 29.9. The fourth-order valence-electron chi connectivity index (χ4n) is 3.13. The van der Waals surface area contributed by atoms with Gasteiger partial charge in [0.1, 0.15) is 11.6 Å². The molecule has 0 saturated heterocycles. The molecule has 0 aliphatic heterocycles. The predicted molar refractivity (Wildman–Crippen MR) is 116 cm³/mol. The molecule has 0 saturated carbocycles. The summed E-state index contributed by atoms with van der Waals surface area (Å²) in [7, 11) is 0. The molecule has 9 nitrogen and oxygen atoms in total. The highest BCUT2D eigenvalue weighted by molar-refractivity contribution is 5.95. The highest BCUT2D eigenvalue weighted by atomic mass is 19.1. The number of halogens is 1. The number of nitrogens with two attached hydrogens (primary N) is 2. The molecule has 0 fully saturated rings. The average molecular weight is 431 g/mol. The molecule has 0 aliphatic rings. The quantitative estimate of drug-likeness (QED) is 0.423. The second-order valence-corrected chi connectivity index (χ2v) is 6.82. The molecule has 0 spiro atoms. The number of amides is 1. The van der Waals surface area contributed by atoms with E-state index in [-0.39, 0.29) is 17.7 Å². The van der Waals surface area contributed by atoms with Crippen molar-refractivity contribution in [2.24, 2.45) is 5.73 Å². The van der Waals surface area contributed by atoms with Gasteiger partial charge in [0, 0.05) is 35.9 Å². The zero-order valence-corrected chi connectivity index (χ0v) is 16.7. The lowest BCUT2D eigenvalue weighted by molar-refractivity contribution is 0.0997. The molecule has 1 aromatic carbocycles. The molecule has 32 heavy (non-hydrogen) atoms. The van der Waals surface area contributed by atoms with Gasteiger partial charge in [-0.05, 0) is 35.9 Å². The van der Waals surface area contributed by atoms with Crippen LogP contribution in [0.15, 0.2) is 67.4 Å². The van der Waals surface area contributed by atoms with Crippen LogP contribution >= 0.6 is 0 Å². The highest BCUT2D eigenvalue weighted by Crippen LogP contribution is 2.31. The van der Waals surface area contributed by atoms with Crippen molar-refractivity contribution >= 4 is 23.4 Å². The van der Waals surface area contributed by atoms with Gasteiger partial charge < -0.3 is 21.5 Å². The Bertz CT molecular complexity index is 1270. The van der Waals surface area contributed by atoms with Gasteiger partial charge in [-0.2, -0.15) is 0 Å². The van der Waals surface area contributed by atoms with Crippen LogP contribution in [-0.2, 0) is 6.54 Å². The van der Waals surface area contributed by atoms with E-state index in [2.05, 4.69) is 19.9 Å². The molecular formula is C22H18FN7O2. The third-order valence-corrected chi connectivity index (χ3v) is 4.76. The summed E-state index contributed by atoms with van der Waals surface area (Å²) in [6, 6.07) is 9.76. The van der Waals surface area contributed by atoms with Crippen molar-refractivity contribution in [1.29, 1.82) is 0 Å². The Kier molecular flexibility index (Phi) is 5.58. The van der Waals surface area contributed by atoms with Crippen LogP contribution in [-0.4, -0.2) is 30.9 Å². The molecule has 5 N–H and O–H groups in total. The summed E-state index contributed by atoms with van der Waals surface area (Å²) in [5, 5.41) is 10.1. The largest absolute Gasteiger partial charge is 0.504 e. The normalized spacial score (nSPS) is 10.7. The monoisotopic (exact) mass is 431 g/mol. The van der Waals surface area contributed by atoms with Crippen LogP contribution in [0, 0.1) is 5.82 Å². The van der Waals surface area contributed by atoms with E-state index in [1.165, 1.54) is 30.7 Å². The van der Waals surface area contributed by atoms with E-state index in [9.17, 15) is 14.3 Å². The number of hydrogen-bond acceptors (Lipinski definition) is 8. The summed E-state index contributed by atoms with van der Waals surface area (Å²) >= 11 is 0. The number of primary amides is 1. The maximum atomic E-state index is 14.8. The molecule has 10 heteroatoms. The van der Waals surface area contributed by atoms with Crippen LogP contribution in [0.5, 0.6) is 5.75 Å². The Balaban J connectivity index is 1.77. The lowest BCUT2D eigenvalue weighted by Crippen LogP contribution is -2.20. The van der Waals surface area contributed by atoms with E-state index in [4.69, 9.17) is 11.5 Å². The van der Waals surface area contributed by atoms with Crippen molar-refractivity contribution in [2.75, 3.05) is 10.6 Å². The summed E-state index contributed by atoms with van der Waals surface area (Å²) in [6.45, 7) is -0.0480. The van der Waals surface area contributed by atoms with Crippen LogP contribution < -0.4 is 16.4 Å². The molecule has 4 aromatic rings. The summed E-state index contributed by atoms with van der Waals surface area (Å²) in [5.74, 6) is -1.41.